The average molecular weight is 1300 g/mol. The van der Waals surface area contributed by atoms with Crippen LogP contribution in [0, 0.1) is 25.2 Å². The second-order valence-electron chi connectivity index (χ2n) is 34.2. The third kappa shape index (κ3) is 29.8. The molecule has 16 nitrogen and oxygen atoms in total. The van der Waals surface area contributed by atoms with E-state index in [1.807, 2.05) is 116 Å². The molecular formula is C79H126N16. The molecule has 1 saturated carbocycles. The van der Waals surface area contributed by atoms with E-state index in [0.29, 0.717) is 0 Å². The third-order valence-corrected chi connectivity index (χ3v) is 15.8. The lowest BCUT2D eigenvalue weighted by Crippen LogP contribution is -2.33. The Kier molecular flexibility index (Phi) is 30.5. The number of nitrogens with one attached hydrogen (secondary N) is 3. The van der Waals surface area contributed by atoms with E-state index in [1.165, 1.54) is 50.3 Å². The largest absolute Gasteiger partial charge is 0.285 e. The minimum absolute atomic E-state index is 0.130. The Morgan fingerprint density at radius 1 is 0.442 bits per heavy atom. The van der Waals surface area contributed by atoms with Crippen molar-refractivity contribution in [1.82, 2.24) is 74.9 Å². The smallest absolute Gasteiger partial charge is 0.0993 e. The maximum atomic E-state index is 9.23. The van der Waals surface area contributed by atoms with Crippen LogP contribution in [0.1, 0.15) is 274 Å². The van der Waals surface area contributed by atoms with Crippen LogP contribution in [-0.4, -0.2) is 74.9 Å². The molecule has 10 rings (SSSR count). The second kappa shape index (κ2) is 34.7. The molecule has 0 spiro atoms. The van der Waals surface area contributed by atoms with Crippen LogP contribution in [-0.2, 0) is 75.3 Å². The van der Waals surface area contributed by atoms with Gasteiger partial charge in [-0.3, -0.25) is 44.3 Å². The summed E-state index contributed by atoms with van der Waals surface area (Å²) in [7, 11) is 5.84. The highest BCUT2D eigenvalue weighted by molar-refractivity contribution is 5.33. The Balaban J connectivity index is 0.000000366. The van der Waals surface area contributed by atoms with Gasteiger partial charge in [0.05, 0.1) is 47.2 Å². The summed E-state index contributed by atoms with van der Waals surface area (Å²) >= 11 is 0. The summed E-state index contributed by atoms with van der Waals surface area (Å²) in [5.74, 6) is 0. The van der Waals surface area contributed by atoms with Gasteiger partial charge in [0.25, 0.3) is 0 Å². The molecule has 9 aromatic heterocycles. The molecule has 0 atom stereocenters. The van der Waals surface area contributed by atoms with Crippen molar-refractivity contribution in [3.8, 4) is 6.07 Å². The van der Waals surface area contributed by atoms with Gasteiger partial charge in [0.15, 0.2) is 0 Å². The van der Waals surface area contributed by atoms with Crippen molar-refractivity contribution >= 4 is 0 Å². The molecule has 1 aliphatic carbocycles. The van der Waals surface area contributed by atoms with E-state index >= 15 is 0 Å². The fourth-order valence-corrected chi connectivity index (χ4v) is 9.14. The van der Waals surface area contributed by atoms with Gasteiger partial charge < -0.3 is 0 Å². The van der Waals surface area contributed by atoms with Crippen molar-refractivity contribution in [3.05, 3.63) is 197 Å². The number of pyridine rings is 3. The van der Waals surface area contributed by atoms with E-state index in [9.17, 15) is 5.26 Å². The molecule has 0 amide bonds. The third-order valence-electron chi connectivity index (χ3n) is 15.8. The molecular weight excluding hydrogens is 1170 g/mol. The zero-order chi connectivity index (χ0) is 72.8. The van der Waals surface area contributed by atoms with Gasteiger partial charge >= 0.3 is 0 Å². The average Bonchev–Trinajstić information content (AvgIpc) is 1.76. The number of aromatic nitrogens is 15. The molecule has 0 unspecified atom stereocenters. The molecule has 1 aliphatic rings. The number of aromatic amines is 3. The summed E-state index contributed by atoms with van der Waals surface area (Å²) in [5.41, 5.74) is 16.2. The van der Waals surface area contributed by atoms with E-state index < -0.39 is 0 Å². The normalized spacial score (nSPS) is 13.0. The van der Waals surface area contributed by atoms with Gasteiger partial charge in [-0.25, -0.2) is 0 Å². The van der Waals surface area contributed by atoms with Crippen molar-refractivity contribution in [2.24, 2.45) is 21.1 Å². The quantitative estimate of drug-likeness (QED) is 0.142. The van der Waals surface area contributed by atoms with Gasteiger partial charge in [-0.2, -0.15) is 35.9 Å². The zero-order valence-corrected chi connectivity index (χ0v) is 65.1. The monoisotopic (exact) mass is 1300 g/mol. The van der Waals surface area contributed by atoms with E-state index in [-0.39, 0.29) is 54.1 Å². The zero-order valence-electron chi connectivity index (χ0n) is 65.1. The molecule has 0 saturated heterocycles. The Bertz CT molecular complexity index is 3410. The van der Waals surface area contributed by atoms with Crippen molar-refractivity contribution in [2.75, 3.05) is 0 Å². The van der Waals surface area contributed by atoms with E-state index in [0.717, 1.165) is 36.3 Å². The number of hydrogen-bond donors (Lipinski definition) is 3. The topological polar surface area (TPSA) is 202 Å². The minimum atomic E-state index is -0.281. The van der Waals surface area contributed by atoms with Crippen molar-refractivity contribution < 1.29 is 0 Å². The number of rotatable bonds is 1. The van der Waals surface area contributed by atoms with Crippen molar-refractivity contribution in [1.29, 1.82) is 5.26 Å². The van der Waals surface area contributed by atoms with Gasteiger partial charge in [-0.15, -0.1) is 0 Å². The van der Waals surface area contributed by atoms with Crippen molar-refractivity contribution in [2.45, 2.75) is 274 Å². The predicted molar refractivity (Wildman–Crippen MR) is 397 cm³/mol. The molecule has 0 aromatic carbocycles. The molecule has 95 heavy (non-hydrogen) atoms. The molecule has 0 radical (unpaired) electrons. The summed E-state index contributed by atoms with van der Waals surface area (Å²) in [6.45, 7) is 62.9. The summed E-state index contributed by atoms with van der Waals surface area (Å²) in [6, 6.07) is 18.8. The number of aryl methyl sites for hydroxylation is 5. The predicted octanol–water partition coefficient (Wildman–Crippen LogP) is 19.0. The van der Waals surface area contributed by atoms with Crippen LogP contribution in [0.3, 0.4) is 0 Å². The Hall–Kier alpha value is -7.80. The van der Waals surface area contributed by atoms with Crippen LogP contribution in [0.15, 0.2) is 129 Å². The highest BCUT2D eigenvalue weighted by atomic mass is 15.3. The standard InChI is InChI=1S/C14H18N2.C9H16N2.2C9H13N.3C8H14N2.2C7H12N2/c1-13(2,3)11-5-6-12(16-9-11)14(10-15)7-4-8-14;1-7-8(9(2,3)4)6-11(5)10-7;1-9(2,3)8-4-6-10-7-5-8;1-9(2,3)8-5-4-6-10-7-8;1-8(2,3)7-5-9-10(4)6-7;1-8(2,3)7-5-6-10(4)9-7;1-6-7(5-9-10-6)8(2,3)4;1-7(2,3)6-4-8-9-5-6;1-7(2,3)6-4-5-8-9-6/h5-6,9H,4,7-8H2,1-3H3;6H,1-5H3;2*4-7H,1-3H3;2*5-6H,1-4H3;5H,1-4H3,(H,9,10);2*4-5H,1-3H3,(H,8,9). The first-order valence-electron chi connectivity index (χ1n) is 33.5. The van der Waals surface area contributed by atoms with Crippen LogP contribution < -0.4 is 0 Å². The molecule has 0 aliphatic heterocycles. The Morgan fingerprint density at radius 3 is 1.24 bits per heavy atom. The molecule has 0 bridgehead atoms. The van der Waals surface area contributed by atoms with E-state index in [2.05, 4.69) is 303 Å². The van der Waals surface area contributed by atoms with Gasteiger partial charge in [-0.05, 0) is 146 Å². The summed E-state index contributed by atoms with van der Waals surface area (Å²) < 4.78 is 5.54. The fraction of sp³-hybridized carbons (Fsp3) is 0.570. The molecule has 9 heterocycles. The lowest BCUT2D eigenvalue weighted by atomic mass is 9.67. The molecule has 16 heteroatoms. The van der Waals surface area contributed by atoms with Gasteiger partial charge in [0.2, 0.25) is 0 Å². The van der Waals surface area contributed by atoms with Crippen LogP contribution in [0.5, 0.6) is 0 Å². The first kappa shape index (κ1) is 83.3. The maximum absolute atomic E-state index is 9.23. The molecule has 522 valence electrons. The first-order chi connectivity index (χ1) is 43.3. The van der Waals surface area contributed by atoms with Gasteiger partial charge in [0, 0.05) is 105 Å². The number of hydrogen-bond acceptors (Lipinski definition) is 10. The van der Waals surface area contributed by atoms with Crippen molar-refractivity contribution in [3.63, 3.8) is 0 Å². The number of H-pyrrole nitrogens is 3. The number of nitrogens with zero attached hydrogens (tertiary/aromatic N) is 13. The van der Waals surface area contributed by atoms with Crippen LogP contribution in [0.25, 0.3) is 0 Å². The number of nitriles is 1. The minimum Gasteiger partial charge on any atom is -0.285 e. The van der Waals surface area contributed by atoms with Crippen LogP contribution in [0.4, 0.5) is 0 Å². The Morgan fingerprint density at radius 2 is 1.00 bits per heavy atom. The SMILES string of the molecule is CC(C)(C)c1ccc(C2(C#N)CCC2)nc1.CC(C)(C)c1cccnc1.CC(C)(C)c1ccn[nH]1.CC(C)(C)c1ccncc1.CC(C)(C)c1cn[nH]c1.Cc1[nH]ncc1C(C)(C)C.Cc1nn(C)cc1C(C)(C)C.Cn1cc(C(C)(C)C)cn1.Cn1ccc(C(C)(C)C)n1. The Labute approximate surface area is 575 Å². The lowest BCUT2D eigenvalue weighted by molar-refractivity contribution is 0.316. The summed E-state index contributed by atoms with van der Waals surface area (Å²) in [6.07, 6.45) is 27.9. The fourth-order valence-electron chi connectivity index (χ4n) is 9.14. The van der Waals surface area contributed by atoms with Gasteiger partial charge in [0.1, 0.15) is 0 Å². The highest BCUT2D eigenvalue weighted by Gasteiger charge is 2.40. The molecule has 1 fully saturated rings. The lowest BCUT2D eigenvalue weighted by Gasteiger charge is -2.34. The summed E-state index contributed by atoms with van der Waals surface area (Å²) in [5, 5.41) is 42.3. The maximum Gasteiger partial charge on any atom is 0.0993 e. The van der Waals surface area contributed by atoms with Crippen LogP contribution in [0.2, 0.25) is 0 Å². The highest BCUT2D eigenvalue weighted by Crippen LogP contribution is 2.42. The van der Waals surface area contributed by atoms with E-state index in [4.69, 9.17) is 0 Å². The van der Waals surface area contributed by atoms with E-state index in [1.54, 1.807) is 12.4 Å². The van der Waals surface area contributed by atoms with Gasteiger partial charge in [-0.1, -0.05) is 199 Å². The molecule has 9 aromatic rings. The second-order valence-corrected chi connectivity index (χ2v) is 34.2. The summed E-state index contributed by atoms with van der Waals surface area (Å²) in [4.78, 5) is 12.5. The first-order valence-corrected chi connectivity index (χ1v) is 33.5. The van der Waals surface area contributed by atoms with Crippen LogP contribution >= 0.6 is 0 Å². The molecule has 3 N–H and O–H groups in total.